The standard InChI is InChI=1S/C34H38O3S/c1-20-13-29-28(30(14-20)34-21(2)15-24(16-22(34)3)23-7-5-4-6-8-23)11-12-31(29)37-26-9-10-27-25(17-33(35)36)19-38-32(27)18-26/h9-10,13-16,18,23,25,31H,4-8,11-12,17,19H2,1-3H3,(H,35,36). The van der Waals surface area contributed by atoms with Gasteiger partial charge < -0.3 is 9.84 Å². The number of benzene rings is 3. The van der Waals surface area contributed by atoms with E-state index in [-0.39, 0.29) is 18.4 Å². The second kappa shape index (κ2) is 10.4. The molecule has 3 nitrogen and oxygen atoms in total. The molecule has 0 amide bonds. The minimum absolute atomic E-state index is 0.0463. The molecule has 4 heteroatoms. The minimum atomic E-state index is -0.730. The number of rotatable bonds is 6. The third-order valence-corrected chi connectivity index (χ3v) is 10.1. The zero-order valence-electron chi connectivity index (χ0n) is 22.8. The summed E-state index contributed by atoms with van der Waals surface area (Å²) >= 11 is 1.75. The quantitative estimate of drug-likeness (QED) is 0.348. The van der Waals surface area contributed by atoms with Gasteiger partial charge in [0, 0.05) is 16.6 Å². The molecular weight excluding hydrogens is 488 g/mol. The van der Waals surface area contributed by atoms with Crippen molar-refractivity contribution in [1.82, 2.24) is 0 Å². The van der Waals surface area contributed by atoms with Crippen LogP contribution >= 0.6 is 11.8 Å². The Hall–Kier alpha value is -2.72. The Morgan fingerprint density at radius 2 is 1.71 bits per heavy atom. The highest BCUT2D eigenvalue weighted by molar-refractivity contribution is 7.99. The van der Waals surface area contributed by atoms with Crippen molar-refractivity contribution in [1.29, 1.82) is 0 Å². The van der Waals surface area contributed by atoms with E-state index in [1.165, 1.54) is 81.5 Å². The number of hydrogen-bond donors (Lipinski definition) is 1. The normalized spacial score (nSPS) is 20.8. The number of hydrogen-bond acceptors (Lipinski definition) is 3. The summed E-state index contributed by atoms with van der Waals surface area (Å²) in [5.74, 6) is 1.80. The molecule has 1 fully saturated rings. The second-order valence-electron chi connectivity index (χ2n) is 11.7. The number of ether oxygens (including phenoxy) is 1. The molecule has 38 heavy (non-hydrogen) atoms. The summed E-state index contributed by atoms with van der Waals surface area (Å²) < 4.78 is 6.62. The van der Waals surface area contributed by atoms with E-state index in [0.717, 1.165) is 35.8 Å². The lowest BCUT2D eigenvalue weighted by Crippen LogP contribution is -2.07. The maximum atomic E-state index is 11.2. The lowest BCUT2D eigenvalue weighted by molar-refractivity contribution is -0.137. The number of thioether (sulfide) groups is 1. The zero-order chi connectivity index (χ0) is 26.4. The molecule has 198 valence electrons. The van der Waals surface area contributed by atoms with E-state index in [0.29, 0.717) is 0 Å². The van der Waals surface area contributed by atoms with Gasteiger partial charge in [-0.25, -0.2) is 0 Å². The van der Waals surface area contributed by atoms with Crippen LogP contribution in [-0.4, -0.2) is 16.8 Å². The first kappa shape index (κ1) is 25.6. The van der Waals surface area contributed by atoms with Crippen LogP contribution in [-0.2, 0) is 11.2 Å². The summed E-state index contributed by atoms with van der Waals surface area (Å²) in [6.07, 6.45) is 9.03. The fourth-order valence-electron chi connectivity index (χ4n) is 7.15. The number of fused-ring (bicyclic) bond motifs is 2. The lowest BCUT2D eigenvalue weighted by Gasteiger charge is -2.24. The molecule has 1 saturated carbocycles. The van der Waals surface area contributed by atoms with Gasteiger partial charge in [0.25, 0.3) is 0 Å². The Labute approximate surface area is 231 Å². The van der Waals surface area contributed by atoms with Gasteiger partial charge in [-0.05, 0) is 109 Å². The molecule has 6 rings (SSSR count). The molecule has 2 aliphatic carbocycles. The zero-order valence-corrected chi connectivity index (χ0v) is 23.6. The number of carbonyl (C=O) groups is 1. The van der Waals surface area contributed by atoms with Crippen molar-refractivity contribution in [3.8, 4) is 16.9 Å². The van der Waals surface area contributed by atoms with Crippen molar-refractivity contribution in [2.24, 2.45) is 0 Å². The van der Waals surface area contributed by atoms with Crippen LogP contribution in [0, 0.1) is 20.8 Å². The largest absolute Gasteiger partial charge is 0.486 e. The highest BCUT2D eigenvalue weighted by atomic mass is 32.2. The van der Waals surface area contributed by atoms with Gasteiger partial charge in [-0.15, -0.1) is 11.8 Å². The summed E-state index contributed by atoms with van der Waals surface area (Å²) in [5, 5.41) is 9.24. The molecule has 3 aliphatic rings. The van der Waals surface area contributed by atoms with Gasteiger partial charge in [-0.1, -0.05) is 55.2 Å². The van der Waals surface area contributed by atoms with Gasteiger partial charge in [-0.3, -0.25) is 4.79 Å². The Morgan fingerprint density at radius 3 is 2.45 bits per heavy atom. The van der Waals surface area contributed by atoms with E-state index in [1.807, 2.05) is 6.07 Å². The SMILES string of the molecule is Cc1cc(-c2c(C)cc(C3CCCCC3)cc2C)c2c(c1)C(Oc1ccc3c(c1)SCC3CC(=O)O)CC2. The van der Waals surface area contributed by atoms with Crippen LogP contribution in [0.2, 0.25) is 0 Å². The third kappa shape index (κ3) is 4.88. The monoisotopic (exact) mass is 526 g/mol. The molecule has 1 N–H and O–H groups in total. The van der Waals surface area contributed by atoms with E-state index in [1.54, 1.807) is 11.8 Å². The Balaban J connectivity index is 1.28. The fraction of sp³-hybridized carbons (Fsp3) is 0.441. The van der Waals surface area contributed by atoms with Gasteiger partial charge in [0.2, 0.25) is 0 Å². The lowest BCUT2D eigenvalue weighted by atomic mass is 9.81. The number of carboxylic acid groups (broad SMARTS) is 1. The molecule has 0 saturated heterocycles. The van der Waals surface area contributed by atoms with Crippen molar-refractivity contribution in [2.45, 2.75) is 95.0 Å². The molecule has 3 aromatic rings. The number of aryl methyl sites for hydroxylation is 3. The molecule has 3 aromatic carbocycles. The van der Waals surface area contributed by atoms with Gasteiger partial charge in [-0.2, -0.15) is 0 Å². The van der Waals surface area contributed by atoms with Crippen molar-refractivity contribution < 1.29 is 14.6 Å². The first-order chi connectivity index (χ1) is 18.4. The predicted molar refractivity (Wildman–Crippen MR) is 156 cm³/mol. The number of carboxylic acids is 1. The Bertz CT molecular complexity index is 1360. The van der Waals surface area contributed by atoms with Crippen molar-refractivity contribution in [3.05, 3.63) is 81.4 Å². The van der Waals surface area contributed by atoms with Crippen LogP contribution in [0.15, 0.2) is 47.4 Å². The predicted octanol–water partition coefficient (Wildman–Crippen LogP) is 9.06. The average Bonchev–Trinajstić information content (AvgIpc) is 3.47. The summed E-state index contributed by atoms with van der Waals surface area (Å²) in [6, 6.07) is 15.9. The molecule has 0 spiro atoms. The van der Waals surface area contributed by atoms with E-state index in [9.17, 15) is 9.90 Å². The summed E-state index contributed by atoms with van der Waals surface area (Å²) in [7, 11) is 0. The molecule has 1 aliphatic heterocycles. The minimum Gasteiger partial charge on any atom is -0.486 e. The topological polar surface area (TPSA) is 46.5 Å². The van der Waals surface area contributed by atoms with Crippen LogP contribution in [0.5, 0.6) is 5.75 Å². The molecule has 2 unspecified atom stereocenters. The molecule has 0 aromatic heterocycles. The Kier molecular flexibility index (Phi) is 7.03. The maximum absolute atomic E-state index is 11.2. The van der Waals surface area contributed by atoms with Crippen LogP contribution in [0.3, 0.4) is 0 Å². The van der Waals surface area contributed by atoms with Crippen molar-refractivity contribution in [3.63, 3.8) is 0 Å². The molecule has 0 bridgehead atoms. The van der Waals surface area contributed by atoms with E-state index in [2.05, 4.69) is 57.2 Å². The molecule has 1 heterocycles. The smallest absolute Gasteiger partial charge is 0.303 e. The van der Waals surface area contributed by atoms with Crippen LogP contribution < -0.4 is 4.74 Å². The average molecular weight is 527 g/mol. The fourth-order valence-corrected chi connectivity index (χ4v) is 8.43. The van der Waals surface area contributed by atoms with Crippen molar-refractivity contribution in [2.75, 3.05) is 5.75 Å². The molecule has 2 atom stereocenters. The van der Waals surface area contributed by atoms with Gasteiger partial charge in [0.05, 0.1) is 6.42 Å². The van der Waals surface area contributed by atoms with Gasteiger partial charge >= 0.3 is 5.97 Å². The van der Waals surface area contributed by atoms with Crippen molar-refractivity contribution >= 4 is 17.7 Å². The third-order valence-electron chi connectivity index (χ3n) is 8.90. The second-order valence-corrected chi connectivity index (χ2v) is 12.8. The van der Waals surface area contributed by atoms with E-state index in [4.69, 9.17) is 4.74 Å². The summed E-state index contributed by atoms with van der Waals surface area (Å²) in [6.45, 7) is 6.80. The van der Waals surface area contributed by atoms with Crippen LogP contribution in [0.25, 0.3) is 11.1 Å². The highest BCUT2D eigenvalue weighted by Crippen LogP contribution is 2.46. The van der Waals surface area contributed by atoms with Crippen LogP contribution in [0.1, 0.15) is 102 Å². The Morgan fingerprint density at radius 1 is 0.947 bits per heavy atom. The van der Waals surface area contributed by atoms with E-state index >= 15 is 0 Å². The number of aliphatic carboxylic acids is 1. The maximum Gasteiger partial charge on any atom is 0.303 e. The van der Waals surface area contributed by atoms with Crippen LogP contribution in [0.4, 0.5) is 0 Å². The van der Waals surface area contributed by atoms with E-state index < -0.39 is 5.97 Å². The van der Waals surface area contributed by atoms with Gasteiger partial charge in [0.1, 0.15) is 11.9 Å². The first-order valence-electron chi connectivity index (χ1n) is 14.3. The molecular formula is C34H38O3S. The summed E-state index contributed by atoms with van der Waals surface area (Å²) in [4.78, 5) is 12.4. The highest BCUT2D eigenvalue weighted by Gasteiger charge is 2.30. The first-order valence-corrected chi connectivity index (χ1v) is 15.3. The molecule has 0 radical (unpaired) electrons. The van der Waals surface area contributed by atoms with Gasteiger partial charge in [0.15, 0.2) is 0 Å². The summed E-state index contributed by atoms with van der Waals surface area (Å²) in [5.41, 5.74) is 12.3.